The molecule has 1 atom stereocenters. The van der Waals surface area contributed by atoms with Crippen molar-refractivity contribution >= 4 is 17.7 Å². The maximum Gasteiger partial charge on any atom is 0.233 e. The van der Waals surface area contributed by atoms with Crippen LogP contribution >= 0.6 is 11.8 Å². The molecule has 0 aliphatic carbocycles. The second-order valence-electron chi connectivity index (χ2n) is 5.47. The minimum Gasteiger partial charge on any atom is -0.353 e. The summed E-state index contributed by atoms with van der Waals surface area (Å²) in [4.78, 5) is 11.8. The minimum absolute atomic E-state index is 0.00143. The van der Waals surface area contributed by atoms with E-state index < -0.39 is 0 Å². The molecular weight excluding hydrogens is 250 g/mol. The Hall–Kier alpha value is -1.11. The lowest BCUT2D eigenvalue weighted by Crippen LogP contribution is -2.36. The third kappa shape index (κ3) is 3.97. The molecule has 1 N–H and O–H groups in total. The first-order chi connectivity index (χ1) is 8.21. The lowest BCUT2D eigenvalue weighted by atomic mass is 10.1. The van der Waals surface area contributed by atoms with Crippen molar-refractivity contribution in [2.45, 2.75) is 63.5 Å². The van der Waals surface area contributed by atoms with Gasteiger partial charge in [0.2, 0.25) is 11.1 Å². The molecule has 0 saturated heterocycles. The van der Waals surface area contributed by atoms with Gasteiger partial charge in [0.15, 0.2) is 0 Å². The smallest absolute Gasteiger partial charge is 0.233 e. The lowest BCUT2D eigenvalue weighted by Gasteiger charge is -2.20. The van der Waals surface area contributed by atoms with Crippen molar-refractivity contribution in [3.05, 3.63) is 0 Å². The molecule has 1 aromatic heterocycles. The highest BCUT2D eigenvalue weighted by Crippen LogP contribution is 2.24. The van der Waals surface area contributed by atoms with E-state index in [0.29, 0.717) is 5.16 Å². The van der Waals surface area contributed by atoms with Gasteiger partial charge in [-0.2, -0.15) is 0 Å². The zero-order valence-electron chi connectivity index (χ0n) is 11.8. The number of tetrazole rings is 1. The molecule has 102 valence electrons. The maximum absolute atomic E-state index is 11.8. The summed E-state index contributed by atoms with van der Waals surface area (Å²) in [7, 11) is 0. The van der Waals surface area contributed by atoms with Gasteiger partial charge < -0.3 is 5.32 Å². The Morgan fingerprint density at radius 1 is 1.33 bits per heavy atom. The zero-order chi connectivity index (χ0) is 13.9. The molecule has 7 heteroatoms. The quantitative estimate of drug-likeness (QED) is 0.839. The number of hydrogen-bond acceptors (Lipinski definition) is 5. The Morgan fingerprint density at radius 3 is 2.44 bits per heavy atom. The monoisotopic (exact) mass is 271 g/mol. The van der Waals surface area contributed by atoms with E-state index >= 15 is 0 Å². The van der Waals surface area contributed by atoms with Crippen molar-refractivity contribution < 1.29 is 4.79 Å². The fourth-order valence-electron chi connectivity index (χ4n) is 1.29. The summed E-state index contributed by atoms with van der Waals surface area (Å²) in [6.07, 6.45) is 0. The molecule has 0 spiro atoms. The number of thioether (sulfide) groups is 1. The molecule has 18 heavy (non-hydrogen) atoms. The van der Waals surface area contributed by atoms with Gasteiger partial charge in [-0.25, -0.2) is 4.68 Å². The molecule has 0 aromatic carbocycles. The Kier molecular flexibility index (Phi) is 4.72. The van der Waals surface area contributed by atoms with Gasteiger partial charge in [-0.1, -0.05) is 11.8 Å². The number of carbonyl (C=O) groups is 1. The van der Waals surface area contributed by atoms with Gasteiger partial charge in [0.05, 0.1) is 10.8 Å². The standard InChI is InChI=1S/C11H21N5OS/c1-7(2)12-9(17)8(3)18-10-13-14-15-16(10)11(4,5)6/h7-8H,1-6H3,(H,12,17)/t8-/m0/s1. The van der Waals surface area contributed by atoms with Crippen LogP contribution in [0, 0.1) is 0 Å². The summed E-state index contributed by atoms with van der Waals surface area (Å²) in [6.45, 7) is 11.8. The predicted octanol–water partition coefficient (Wildman–Crippen LogP) is 1.43. The number of nitrogens with one attached hydrogen (secondary N) is 1. The van der Waals surface area contributed by atoms with Crippen molar-refractivity contribution in [3.8, 4) is 0 Å². The molecule has 0 radical (unpaired) electrons. The number of nitrogens with zero attached hydrogens (tertiary/aromatic N) is 4. The van der Waals surface area contributed by atoms with Crippen LogP contribution in [0.5, 0.6) is 0 Å². The molecule has 0 unspecified atom stereocenters. The van der Waals surface area contributed by atoms with E-state index in [1.807, 2.05) is 41.5 Å². The Balaban J connectivity index is 2.74. The minimum atomic E-state index is -0.223. The predicted molar refractivity (Wildman–Crippen MR) is 71.4 cm³/mol. The van der Waals surface area contributed by atoms with Crippen LogP contribution in [0.15, 0.2) is 5.16 Å². The first-order valence-corrected chi connectivity index (χ1v) is 6.85. The van der Waals surface area contributed by atoms with Crippen molar-refractivity contribution in [2.24, 2.45) is 0 Å². The summed E-state index contributed by atoms with van der Waals surface area (Å²) >= 11 is 1.37. The maximum atomic E-state index is 11.8. The van der Waals surface area contributed by atoms with Crippen LogP contribution in [0.25, 0.3) is 0 Å². The number of amides is 1. The zero-order valence-corrected chi connectivity index (χ0v) is 12.6. The van der Waals surface area contributed by atoms with Crippen LogP contribution in [0.3, 0.4) is 0 Å². The van der Waals surface area contributed by atoms with Gasteiger partial charge in [-0.3, -0.25) is 4.79 Å². The van der Waals surface area contributed by atoms with Crippen LogP contribution in [-0.4, -0.2) is 37.4 Å². The van der Waals surface area contributed by atoms with Crippen molar-refractivity contribution in [3.63, 3.8) is 0 Å². The number of aromatic nitrogens is 4. The van der Waals surface area contributed by atoms with Crippen LogP contribution < -0.4 is 5.32 Å². The van der Waals surface area contributed by atoms with Gasteiger partial charge in [-0.05, 0) is 52.0 Å². The van der Waals surface area contributed by atoms with E-state index in [4.69, 9.17) is 0 Å². The highest BCUT2D eigenvalue weighted by Gasteiger charge is 2.24. The van der Waals surface area contributed by atoms with Crippen molar-refractivity contribution in [1.29, 1.82) is 0 Å². The average Bonchev–Trinajstić information content (AvgIpc) is 2.63. The first kappa shape index (κ1) is 14.9. The van der Waals surface area contributed by atoms with Gasteiger partial charge in [0.25, 0.3) is 0 Å². The molecule has 0 aliphatic heterocycles. The normalized spacial score (nSPS) is 13.7. The third-order valence-corrected chi connectivity index (χ3v) is 3.19. The van der Waals surface area contributed by atoms with E-state index in [9.17, 15) is 4.79 Å². The van der Waals surface area contributed by atoms with Crippen LogP contribution in [0.1, 0.15) is 41.5 Å². The van der Waals surface area contributed by atoms with E-state index in [1.54, 1.807) is 4.68 Å². The highest BCUT2D eigenvalue weighted by atomic mass is 32.2. The highest BCUT2D eigenvalue weighted by molar-refractivity contribution is 8.00. The molecule has 1 amide bonds. The fraction of sp³-hybridized carbons (Fsp3) is 0.818. The Bertz CT molecular complexity index is 410. The van der Waals surface area contributed by atoms with E-state index in [1.165, 1.54) is 11.8 Å². The Labute approximate surface area is 112 Å². The summed E-state index contributed by atoms with van der Waals surface area (Å²) in [6, 6.07) is 0.138. The molecule has 1 rings (SSSR count). The van der Waals surface area contributed by atoms with E-state index in [0.717, 1.165) is 0 Å². The van der Waals surface area contributed by atoms with Crippen molar-refractivity contribution in [1.82, 2.24) is 25.5 Å². The van der Waals surface area contributed by atoms with Gasteiger partial charge in [-0.15, -0.1) is 5.10 Å². The number of rotatable bonds is 4. The summed E-state index contributed by atoms with van der Waals surface area (Å²) in [5.74, 6) is -0.00143. The van der Waals surface area contributed by atoms with Gasteiger partial charge >= 0.3 is 0 Å². The first-order valence-electron chi connectivity index (χ1n) is 5.97. The van der Waals surface area contributed by atoms with Crippen LogP contribution in [0.2, 0.25) is 0 Å². The third-order valence-electron chi connectivity index (χ3n) is 2.16. The van der Waals surface area contributed by atoms with Gasteiger partial charge in [0, 0.05) is 6.04 Å². The average molecular weight is 271 g/mol. The summed E-state index contributed by atoms with van der Waals surface area (Å²) in [5, 5.41) is 14.9. The number of hydrogen-bond donors (Lipinski definition) is 1. The van der Waals surface area contributed by atoms with E-state index in [-0.39, 0.29) is 22.7 Å². The largest absolute Gasteiger partial charge is 0.353 e. The molecule has 6 nitrogen and oxygen atoms in total. The molecule has 1 heterocycles. The SMILES string of the molecule is CC(C)NC(=O)[C@H](C)Sc1nnnn1C(C)(C)C. The van der Waals surface area contributed by atoms with Gasteiger partial charge in [0.1, 0.15) is 0 Å². The summed E-state index contributed by atoms with van der Waals surface area (Å²) < 4.78 is 1.73. The molecule has 0 bridgehead atoms. The molecule has 1 aromatic rings. The second kappa shape index (κ2) is 5.69. The van der Waals surface area contributed by atoms with Crippen LogP contribution in [-0.2, 0) is 10.3 Å². The second-order valence-corrected chi connectivity index (χ2v) is 6.78. The van der Waals surface area contributed by atoms with Crippen molar-refractivity contribution in [2.75, 3.05) is 0 Å². The fourth-order valence-corrected chi connectivity index (χ4v) is 2.27. The number of carbonyl (C=O) groups excluding carboxylic acids is 1. The molecule has 0 aliphatic rings. The molecular formula is C11H21N5OS. The lowest BCUT2D eigenvalue weighted by molar-refractivity contribution is -0.120. The van der Waals surface area contributed by atoms with Crippen LogP contribution in [0.4, 0.5) is 0 Å². The van der Waals surface area contributed by atoms with E-state index in [2.05, 4.69) is 20.8 Å². The molecule has 0 saturated carbocycles. The topological polar surface area (TPSA) is 72.7 Å². The molecule has 0 fully saturated rings. The Morgan fingerprint density at radius 2 is 1.94 bits per heavy atom. The summed E-state index contributed by atoms with van der Waals surface area (Å²) in [5.41, 5.74) is -0.194.